The monoisotopic (exact) mass is 309 g/mol. The Hall–Kier alpha value is -2.28. The third-order valence-electron chi connectivity index (χ3n) is 4.17. The summed E-state index contributed by atoms with van der Waals surface area (Å²) in [6, 6.07) is 16.5. The molecule has 2 N–H and O–H groups in total. The topological polar surface area (TPSA) is 51.6 Å². The van der Waals surface area contributed by atoms with Crippen molar-refractivity contribution in [2.45, 2.75) is 13.0 Å². The van der Waals surface area contributed by atoms with Gasteiger partial charge in [-0.25, -0.2) is 0 Å². The Morgan fingerprint density at radius 3 is 2.77 bits per heavy atom. The molecule has 0 unspecified atom stereocenters. The van der Waals surface area contributed by atoms with Crippen LogP contribution in [0.4, 0.5) is 0 Å². The van der Waals surface area contributed by atoms with Gasteiger partial charge in [-0.05, 0) is 41.0 Å². The first-order valence-corrected chi connectivity index (χ1v) is 7.20. The predicted molar refractivity (Wildman–Crippen MR) is 91.1 cm³/mol. The average Bonchev–Trinajstić information content (AvgIpc) is 2.92. The van der Waals surface area contributed by atoms with Crippen LogP contribution in [0, 0.1) is 11.3 Å². The van der Waals surface area contributed by atoms with E-state index >= 15 is 0 Å². The zero-order chi connectivity index (χ0) is 14.2. The first kappa shape index (κ1) is 14.6. The number of nitrogens with zero attached hydrogens (tertiary/aromatic N) is 1. The van der Waals surface area contributed by atoms with Crippen LogP contribution in [0.1, 0.15) is 16.8 Å². The lowest BCUT2D eigenvalue weighted by Gasteiger charge is -2.12. The predicted octanol–water partition coefficient (Wildman–Crippen LogP) is 3.77. The maximum atomic E-state index is 9.04. The minimum absolute atomic E-state index is 0. The summed E-state index contributed by atoms with van der Waals surface area (Å²) in [5, 5.41) is 13.8. The van der Waals surface area contributed by atoms with Crippen LogP contribution >= 0.6 is 12.4 Å². The van der Waals surface area contributed by atoms with E-state index < -0.39 is 0 Å². The SMILES string of the molecule is Cl.N#Cc1cccc(-c2ccc3[nH]c4c(c3c2)CNCC4)c1. The molecule has 0 atom stereocenters. The number of nitriles is 1. The Kier molecular flexibility index (Phi) is 3.89. The van der Waals surface area contributed by atoms with E-state index in [-0.39, 0.29) is 12.4 Å². The molecule has 0 spiro atoms. The van der Waals surface area contributed by atoms with Gasteiger partial charge in [-0.2, -0.15) is 5.26 Å². The third-order valence-corrected chi connectivity index (χ3v) is 4.17. The van der Waals surface area contributed by atoms with Crippen LogP contribution in [-0.4, -0.2) is 11.5 Å². The van der Waals surface area contributed by atoms with Crippen molar-refractivity contribution in [3.63, 3.8) is 0 Å². The summed E-state index contributed by atoms with van der Waals surface area (Å²) in [6.07, 6.45) is 1.06. The van der Waals surface area contributed by atoms with Crippen LogP contribution in [0.25, 0.3) is 22.0 Å². The lowest BCUT2D eigenvalue weighted by atomic mass is 9.99. The maximum absolute atomic E-state index is 9.04. The molecule has 2 aromatic carbocycles. The van der Waals surface area contributed by atoms with Crippen molar-refractivity contribution in [3.05, 3.63) is 59.3 Å². The van der Waals surface area contributed by atoms with Gasteiger partial charge in [0.05, 0.1) is 11.6 Å². The molecule has 1 aliphatic heterocycles. The number of hydrogen-bond acceptors (Lipinski definition) is 2. The number of aromatic amines is 1. The van der Waals surface area contributed by atoms with Gasteiger partial charge in [0.15, 0.2) is 0 Å². The quantitative estimate of drug-likeness (QED) is 0.719. The molecule has 110 valence electrons. The van der Waals surface area contributed by atoms with Crippen molar-refractivity contribution < 1.29 is 0 Å². The second-order valence-electron chi connectivity index (χ2n) is 5.46. The molecule has 0 amide bonds. The minimum Gasteiger partial charge on any atom is -0.358 e. The van der Waals surface area contributed by atoms with Crippen LogP contribution in [0.15, 0.2) is 42.5 Å². The van der Waals surface area contributed by atoms with Gasteiger partial charge in [0, 0.05) is 36.1 Å². The molecule has 1 aromatic heterocycles. The van der Waals surface area contributed by atoms with E-state index in [9.17, 15) is 0 Å². The summed E-state index contributed by atoms with van der Waals surface area (Å²) in [6.45, 7) is 1.97. The molecule has 3 aromatic rings. The largest absolute Gasteiger partial charge is 0.358 e. The Balaban J connectivity index is 0.00000144. The lowest BCUT2D eigenvalue weighted by Crippen LogP contribution is -2.22. The zero-order valence-corrected chi connectivity index (χ0v) is 12.8. The normalized spacial score (nSPS) is 13.2. The van der Waals surface area contributed by atoms with E-state index in [1.165, 1.54) is 22.2 Å². The summed E-state index contributed by atoms with van der Waals surface area (Å²) < 4.78 is 0. The number of halogens is 1. The number of hydrogen-bond donors (Lipinski definition) is 2. The van der Waals surface area contributed by atoms with Crippen molar-refractivity contribution >= 4 is 23.3 Å². The first-order chi connectivity index (χ1) is 10.3. The Morgan fingerprint density at radius 2 is 1.91 bits per heavy atom. The minimum atomic E-state index is 0. The van der Waals surface area contributed by atoms with Crippen molar-refractivity contribution in [2.24, 2.45) is 0 Å². The number of fused-ring (bicyclic) bond motifs is 3. The molecule has 0 bridgehead atoms. The van der Waals surface area contributed by atoms with Crippen molar-refractivity contribution in [1.29, 1.82) is 5.26 Å². The Morgan fingerprint density at radius 1 is 1.05 bits per heavy atom. The Labute approximate surface area is 135 Å². The second kappa shape index (κ2) is 5.84. The number of nitrogens with one attached hydrogen (secondary N) is 2. The molecule has 22 heavy (non-hydrogen) atoms. The van der Waals surface area contributed by atoms with E-state index in [1.807, 2.05) is 18.2 Å². The molecule has 1 aliphatic rings. The summed E-state index contributed by atoms with van der Waals surface area (Å²) in [4.78, 5) is 3.52. The summed E-state index contributed by atoms with van der Waals surface area (Å²) in [7, 11) is 0. The highest BCUT2D eigenvalue weighted by molar-refractivity contribution is 5.89. The highest BCUT2D eigenvalue weighted by Crippen LogP contribution is 2.30. The third kappa shape index (κ3) is 2.37. The first-order valence-electron chi connectivity index (χ1n) is 7.20. The number of H-pyrrole nitrogens is 1. The highest BCUT2D eigenvalue weighted by Gasteiger charge is 2.15. The molecule has 4 heteroatoms. The maximum Gasteiger partial charge on any atom is 0.0991 e. The summed E-state index contributed by atoms with van der Waals surface area (Å²) in [5.41, 5.74) is 6.89. The van der Waals surface area contributed by atoms with Crippen molar-refractivity contribution in [3.8, 4) is 17.2 Å². The molecule has 4 rings (SSSR count). The molecule has 0 saturated heterocycles. The molecular formula is C18H16ClN3. The fourth-order valence-electron chi connectivity index (χ4n) is 3.09. The molecule has 0 fully saturated rings. The van der Waals surface area contributed by atoms with Crippen LogP contribution in [-0.2, 0) is 13.0 Å². The molecule has 3 nitrogen and oxygen atoms in total. The number of benzene rings is 2. The van der Waals surface area contributed by atoms with Gasteiger partial charge < -0.3 is 10.3 Å². The van der Waals surface area contributed by atoms with Gasteiger partial charge >= 0.3 is 0 Å². The van der Waals surface area contributed by atoms with Crippen LogP contribution < -0.4 is 5.32 Å². The summed E-state index contributed by atoms with van der Waals surface area (Å²) in [5.74, 6) is 0. The fourth-order valence-corrected chi connectivity index (χ4v) is 3.09. The highest BCUT2D eigenvalue weighted by atomic mass is 35.5. The van der Waals surface area contributed by atoms with Crippen molar-refractivity contribution in [1.82, 2.24) is 10.3 Å². The Bertz CT molecular complexity index is 874. The fraction of sp³-hybridized carbons (Fsp3) is 0.167. The summed E-state index contributed by atoms with van der Waals surface area (Å²) >= 11 is 0. The van der Waals surface area contributed by atoms with Gasteiger partial charge in [0.1, 0.15) is 0 Å². The van der Waals surface area contributed by atoms with Crippen LogP contribution in [0.5, 0.6) is 0 Å². The molecule has 0 radical (unpaired) electrons. The second-order valence-corrected chi connectivity index (χ2v) is 5.46. The average molecular weight is 310 g/mol. The van der Waals surface area contributed by atoms with Gasteiger partial charge in [-0.3, -0.25) is 0 Å². The molecular weight excluding hydrogens is 294 g/mol. The van der Waals surface area contributed by atoms with E-state index in [1.54, 1.807) is 0 Å². The zero-order valence-electron chi connectivity index (χ0n) is 12.0. The van der Waals surface area contributed by atoms with Gasteiger partial charge in [0.2, 0.25) is 0 Å². The van der Waals surface area contributed by atoms with E-state index in [0.29, 0.717) is 5.56 Å². The molecule has 0 aliphatic carbocycles. The van der Waals surface area contributed by atoms with Crippen molar-refractivity contribution in [2.75, 3.05) is 6.54 Å². The molecule has 0 saturated carbocycles. The van der Waals surface area contributed by atoms with Gasteiger partial charge in [0.25, 0.3) is 0 Å². The van der Waals surface area contributed by atoms with Gasteiger partial charge in [-0.1, -0.05) is 18.2 Å². The number of aromatic nitrogens is 1. The number of rotatable bonds is 1. The van der Waals surface area contributed by atoms with E-state index in [4.69, 9.17) is 5.26 Å². The van der Waals surface area contributed by atoms with Gasteiger partial charge in [-0.15, -0.1) is 12.4 Å². The standard InChI is InChI=1S/C18H15N3.ClH/c19-10-12-2-1-3-13(8-12)14-4-5-17-15(9-14)16-11-20-7-6-18(16)21-17;/h1-5,8-9,20-21H,6-7,11H2;1H. The smallest absolute Gasteiger partial charge is 0.0991 e. The lowest BCUT2D eigenvalue weighted by molar-refractivity contribution is 0.641. The van der Waals surface area contributed by atoms with Crippen LogP contribution in [0.2, 0.25) is 0 Å². The van der Waals surface area contributed by atoms with E-state index in [2.05, 4.69) is 40.6 Å². The molecule has 2 heterocycles. The van der Waals surface area contributed by atoms with E-state index in [0.717, 1.165) is 30.6 Å². The van der Waals surface area contributed by atoms with Crippen LogP contribution in [0.3, 0.4) is 0 Å².